The van der Waals surface area contributed by atoms with Crippen LogP contribution in [0.4, 0.5) is 5.69 Å². The Morgan fingerprint density at radius 1 is 1.13 bits per heavy atom. The zero-order valence-electron chi connectivity index (χ0n) is 12.5. The van der Waals surface area contributed by atoms with Gasteiger partial charge in [-0.2, -0.15) is 0 Å². The molecule has 0 unspecified atom stereocenters. The molecule has 0 saturated heterocycles. The van der Waals surface area contributed by atoms with Crippen LogP contribution in [-0.2, 0) is 0 Å². The summed E-state index contributed by atoms with van der Waals surface area (Å²) >= 11 is 18.2. The second-order valence-corrected chi connectivity index (χ2v) is 5.75. The molecule has 0 saturated carbocycles. The van der Waals surface area contributed by atoms with Crippen LogP contribution in [0, 0.1) is 0 Å². The fourth-order valence-corrected chi connectivity index (χ4v) is 2.71. The molecule has 4 nitrogen and oxygen atoms in total. The van der Waals surface area contributed by atoms with Gasteiger partial charge in [0.2, 0.25) is 0 Å². The van der Waals surface area contributed by atoms with Crippen LogP contribution in [0.1, 0.15) is 17.3 Å². The molecule has 2 aromatic rings. The Balaban J connectivity index is 2.30. The Bertz CT molecular complexity index is 712. The van der Waals surface area contributed by atoms with Gasteiger partial charge in [0.1, 0.15) is 5.75 Å². The summed E-state index contributed by atoms with van der Waals surface area (Å²) in [7, 11) is 1.50. The molecule has 1 N–H and O–H groups in total. The topological polar surface area (TPSA) is 47.6 Å². The highest BCUT2D eigenvalue weighted by molar-refractivity contribution is 6.38. The average Bonchev–Trinajstić information content (AvgIpc) is 2.51. The standard InChI is InChI=1S/C16H14Cl3NO3/c1-3-23-15-11(18)6-9(7-12(15)19)16(21)20-13-8-10(17)4-5-14(13)22-2/h4-8H,3H2,1-2H3,(H,20,21). The van der Waals surface area contributed by atoms with E-state index in [1.807, 2.05) is 6.92 Å². The predicted octanol–water partition coefficient (Wildman–Crippen LogP) is 5.31. The first-order chi connectivity index (χ1) is 11.0. The summed E-state index contributed by atoms with van der Waals surface area (Å²) in [5, 5.41) is 3.73. The van der Waals surface area contributed by atoms with E-state index < -0.39 is 5.91 Å². The van der Waals surface area contributed by atoms with Crippen LogP contribution in [0.5, 0.6) is 11.5 Å². The highest BCUT2D eigenvalue weighted by Gasteiger charge is 2.15. The van der Waals surface area contributed by atoms with Gasteiger partial charge < -0.3 is 14.8 Å². The third kappa shape index (κ3) is 4.22. The minimum atomic E-state index is -0.391. The SMILES string of the molecule is CCOc1c(Cl)cc(C(=O)Nc2cc(Cl)ccc2OC)cc1Cl. The normalized spacial score (nSPS) is 10.3. The molecule has 1 amide bonds. The van der Waals surface area contributed by atoms with Crippen molar-refractivity contribution in [2.75, 3.05) is 19.0 Å². The van der Waals surface area contributed by atoms with Crippen molar-refractivity contribution in [2.45, 2.75) is 6.92 Å². The van der Waals surface area contributed by atoms with Crippen LogP contribution in [-0.4, -0.2) is 19.6 Å². The summed E-state index contributed by atoms with van der Waals surface area (Å²) in [6.07, 6.45) is 0. The minimum Gasteiger partial charge on any atom is -0.495 e. The summed E-state index contributed by atoms with van der Waals surface area (Å²) in [4.78, 5) is 12.4. The number of carbonyl (C=O) groups is 1. The van der Waals surface area contributed by atoms with Crippen LogP contribution in [0.3, 0.4) is 0 Å². The number of anilines is 1. The second kappa shape index (κ2) is 7.77. The molecule has 23 heavy (non-hydrogen) atoms. The van der Waals surface area contributed by atoms with Crippen LogP contribution in [0.15, 0.2) is 30.3 Å². The molecule has 2 aromatic carbocycles. The predicted molar refractivity (Wildman–Crippen MR) is 93.6 cm³/mol. The van der Waals surface area contributed by atoms with Crippen molar-refractivity contribution in [3.8, 4) is 11.5 Å². The van der Waals surface area contributed by atoms with Gasteiger partial charge in [-0.15, -0.1) is 0 Å². The van der Waals surface area contributed by atoms with E-state index in [0.29, 0.717) is 34.4 Å². The monoisotopic (exact) mass is 373 g/mol. The van der Waals surface area contributed by atoms with Gasteiger partial charge in [-0.05, 0) is 37.3 Å². The van der Waals surface area contributed by atoms with E-state index in [1.54, 1.807) is 18.2 Å². The molecule has 0 bridgehead atoms. The molecule has 0 aliphatic rings. The zero-order chi connectivity index (χ0) is 17.0. The smallest absolute Gasteiger partial charge is 0.255 e. The van der Waals surface area contributed by atoms with Gasteiger partial charge >= 0.3 is 0 Å². The molecule has 0 spiro atoms. The van der Waals surface area contributed by atoms with Crippen molar-refractivity contribution in [2.24, 2.45) is 0 Å². The number of hydrogen-bond donors (Lipinski definition) is 1. The average molecular weight is 375 g/mol. The van der Waals surface area contributed by atoms with Crippen molar-refractivity contribution in [1.82, 2.24) is 0 Å². The third-order valence-corrected chi connectivity index (χ3v) is 3.76. The van der Waals surface area contributed by atoms with Crippen molar-refractivity contribution >= 4 is 46.4 Å². The summed E-state index contributed by atoms with van der Waals surface area (Å²) in [5.41, 5.74) is 0.747. The lowest BCUT2D eigenvalue weighted by molar-refractivity contribution is 0.102. The van der Waals surface area contributed by atoms with E-state index in [2.05, 4.69) is 5.32 Å². The number of carbonyl (C=O) groups excluding carboxylic acids is 1. The number of rotatable bonds is 5. The first-order valence-electron chi connectivity index (χ1n) is 6.73. The van der Waals surface area contributed by atoms with Crippen LogP contribution < -0.4 is 14.8 Å². The molecule has 0 aliphatic heterocycles. The quantitative estimate of drug-likeness (QED) is 0.772. The lowest BCUT2D eigenvalue weighted by Crippen LogP contribution is -2.13. The molecule has 2 rings (SSSR count). The van der Waals surface area contributed by atoms with Gasteiger partial charge in [0.05, 0.1) is 29.4 Å². The van der Waals surface area contributed by atoms with Gasteiger partial charge in [0.25, 0.3) is 5.91 Å². The van der Waals surface area contributed by atoms with E-state index in [-0.39, 0.29) is 10.0 Å². The number of halogens is 3. The number of amides is 1. The van der Waals surface area contributed by atoms with Crippen molar-refractivity contribution in [3.05, 3.63) is 51.0 Å². The summed E-state index contributed by atoms with van der Waals surface area (Å²) in [6, 6.07) is 7.91. The molecule has 0 aromatic heterocycles. The lowest BCUT2D eigenvalue weighted by atomic mass is 10.2. The van der Waals surface area contributed by atoms with Gasteiger partial charge in [0.15, 0.2) is 5.75 Å². The van der Waals surface area contributed by atoms with Crippen molar-refractivity contribution in [1.29, 1.82) is 0 Å². The summed E-state index contributed by atoms with van der Waals surface area (Å²) in [6.45, 7) is 2.24. The molecule has 0 aliphatic carbocycles. The number of benzene rings is 2. The van der Waals surface area contributed by atoms with E-state index in [4.69, 9.17) is 44.3 Å². The van der Waals surface area contributed by atoms with Gasteiger partial charge in [0, 0.05) is 10.6 Å². The highest BCUT2D eigenvalue weighted by atomic mass is 35.5. The first-order valence-corrected chi connectivity index (χ1v) is 7.86. The molecule has 0 fully saturated rings. The Kier molecular flexibility index (Phi) is 5.99. The maximum Gasteiger partial charge on any atom is 0.255 e. The first kappa shape index (κ1) is 17.7. The van der Waals surface area contributed by atoms with E-state index >= 15 is 0 Å². The Labute approximate surface area is 149 Å². The number of methoxy groups -OCH3 is 1. The fourth-order valence-electron chi connectivity index (χ4n) is 1.95. The Hall–Kier alpha value is -1.62. The molecular weight excluding hydrogens is 361 g/mol. The largest absolute Gasteiger partial charge is 0.495 e. The van der Waals surface area contributed by atoms with Gasteiger partial charge in [-0.3, -0.25) is 4.79 Å². The van der Waals surface area contributed by atoms with Crippen LogP contribution in [0.25, 0.3) is 0 Å². The molecule has 0 radical (unpaired) electrons. The van der Waals surface area contributed by atoms with E-state index in [1.165, 1.54) is 19.2 Å². The number of hydrogen-bond acceptors (Lipinski definition) is 3. The van der Waals surface area contributed by atoms with Gasteiger partial charge in [-0.1, -0.05) is 34.8 Å². The minimum absolute atomic E-state index is 0.266. The van der Waals surface area contributed by atoms with Gasteiger partial charge in [-0.25, -0.2) is 0 Å². The maximum atomic E-state index is 12.4. The maximum absolute atomic E-state index is 12.4. The fraction of sp³-hybridized carbons (Fsp3) is 0.188. The van der Waals surface area contributed by atoms with Crippen LogP contribution in [0.2, 0.25) is 15.1 Å². The molecule has 122 valence electrons. The Morgan fingerprint density at radius 3 is 2.35 bits per heavy atom. The van der Waals surface area contributed by atoms with E-state index in [9.17, 15) is 4.79 Å². The van der Waals surface area contributed by atoms with Crippen molar-refractivity contribution in [3.63, 3.8) is 0 Å². The summed E-state index contributed by atoms with van der Waals surface area (Å²) < 4.78 is 10.5. The van der Waals surface area contributed by atoms with Crippen LogP contribution >= 0.6 is 34.8 Å². The third-order valence-electron chi connectivity index (χ3n) is 2.96. The summed E-state index contributed by atoms with van der Waals surface area (Å²) in [5.74, 6) is 0.455. The van der Waals surface area contributed by atoms with E-state index in [0.717, 1.165) is 0 Å². The highest BCUT2D eigenvalue weighted by Crippen LogP contribution is 2.35. The molecule has 7 heteroatoms. The zero-order valence-corrected chi connectivity index (χ0v) is 14.7. The number of nitrogens with one attached hydrogen (secondary N) is 1. The Morgan fingerprint density at radius 2 is 1.78 bits per heavy atom. The second-order valence-electron chi connectivity index (χ2n) is 4.50. The molecular formula is C16H14Cl3NO3. The molecule has 0 heterocycles. The van der Waals surface area contributed by atoms with Crippen molar-refractivity contribution < 1.29 is 14.3 Å². The molecule has 0 atom stereocenters. The lowest BCUT2D eigenvalue weighted by Gasteiger charge is -2.12. The number of ether oxygens (including phenoxy) is 2.